The Morgan fingerprint density at radius 3 is 2.76 bits per heavy atom. The first-order valence-corrected chi connectivity index (χ1v) is 7.80. The fourth-order valence-electron chi connectivity index (χ4n) is 3.04. The maximum Gasteiger partial charge on any atom is 0.123 e. The molecular weight excluding hydrogens is 262 g/mol. The zero-order valence-electron chi connectivity index (χ0n) is 13.1. The molecule has 1 heterocycles. The molecule has 1 aromatic carbocycles. The van der Waals surface area contributed by atoms with E-state index in [0.717, 1.165) is 43.9 Å². The summed E-state index contributed by atoms with van der Waals surface area (Å²) in [6.45, 7) is 6.36. The van der Waals surface area contributed by atoms with Crippen LogP contribution in [0.3, 0.4) is 0 Å². The lowest BCUT2D eigenvalue weighted by Gasteiger charge is -2.34. The molecule has 114 valence electrons. The number of methoxy groups -OCH3 is 1. The van der Waals surface area contributed by atoms with E-state index in [9.17, 15) is 0 Å². The summed E-state index contributed by atoms with van der Waals surface area (Å²) in [5.74, 6) is 0.879. The minimum atomic E-state index is 0.627. The molecule has 1 fully saturated rings. The minimum absolute atomic E-state index is 0.627. The summed E-state index contributed by atoms with van der Waals surface area (Å²) in [5.41, 5.74) is 1.82. The first-order valence-electron chi connectivity index (χ1n) is 7.80. The standard InChI is InChI=1S/C17H25N3O/c1-3-10-20(16-6-8-19-9-7-16)13-15-11-14(12-18)4-5-17(15)21-2/h4-5,11,16,19H,3,6-10,13H2,1-2H3. The van der Waals surface area contributed by atoms with E-state index in [0.29, 0.717) is 11.6 Å². The molecule has 1 aromatic rings. The van der Waals surface area contributed by atoms with Gasteiger partial charge in [-0.1, -0.05) is 6.92 Å². The van der Waals surface area contributed by atoms with Crippen molar-refractivity contribution in [3.05, 3.63) is 29.3 Å². The molecule has 0 aliphatic carbocycles. The van der Waals surface area contributed by atoms with Crippen LogP contribution in [0.4, 0.5) is 0 Å². The van der Waals surface area contributed by atoms with Crippen LogP contribution in [-0.2, 0) is 6.54 Å². The Labute approximate surface area is 127 Å². The summed E-state index contributed by atoms with van der Waals surface area (Å²) in [6.07, 6.45) is 3.53. The van der Waals surface area contributed by atoms with Crippen molar-refractivity contribution >= 4 is 0 Å². The SMILES string of the molecule is CCCN(Cc1cc(C#N)ccc1OC)C1CCNCC1. The van der Waals surface area contributed by atoms with E-state index in [1.807, 2.05) is 18.2 Å². The van der Waals surface area contributed by atoms with Gasteiger partial charge in [-0.15, -0.1) is 0 Å². The second-order valence-electron chi connectivity index (χ2n) is 5.59. The Kier molecular flexibility index (Phi) is 6.04. The van der Waals surface area contributed by atoms with Gasteiger partial charge in [-0.2, -0.15) is 5.26 Å². The Morgan fingerprint density at radius 2 is 2.14 bits per heavy atom. The van der Waals surface area contributed by atoms with Crippen molar-refractivity contribution in [3.63, 3.8) is 0 Å². The van der Waals surface area contributed by atoms with Crippen LogP contribution in [0.1, 0.15) is 37.3 Å². The Bertz CT molecular complexity index is 489. The predicted molar refractivity (Wildman–Crippen MR) is 84.3 cm³/mol. The Morgan fingerprint density at radius 1 is 1.38 bits per heavy atom. The second kappa shape index (κ2) is 8.02. The van der Waals surface area contributed by atoms with Gasteiger partial charge in [-0.25, -0.2) is 0 Å². The highest BCUT2D eigenvalue weighted by Crippen LogP contribution is 2.24. The molecule has 0 aromatic heterocycles. The molecule has 0 bridgehead atoms. The highest BCUT2D eigenvalue weighted by molar-refractivity contribution is 5.42. The van der Waals surface area contributed by atoms with Crippen molar-refractivity contribution in [1.29, 1.82) is 5.26 Å². The van der Waals surface area contributed by atoms with Gasteiger partial charge in [0.25, 0.3) is 0 Å². The van der Waals surface area contributed by atoms with Crippen molar-refractivity contribution in [3.8, 4) is 11.8 Å². The number of nitrogens with one attached hydrogen (secondary N) is 1. The molecule has 1 saturated heterocycles. The Balaban J connectivity index is 2.17. The van der Waals surface area contributed by atoms with Crippen molar-refractivity contribution < 1.29 is 4.74 Å². The maximum absolute atomic E-state index is 9.10. The molecule has 0 radical (unpaired) electrons. The van der Waals surface area contributed by atoms with E-state index in [2.05, 4.69) is 23.2 Å². The molecular formula is C17H25N3O. The summed E-state index contributed by atoms with van der Waals surface area (Å²) in [4.78, 5) is 2.54. The fraction of sp³-hybridized carbons (Fsp3) is 0.588. The molecule has 0 spiro atoms. The summed E-state index contributed by atoms with van der Waals surface area (Å²) in [5, 5.41) is 12.5. The predicted octanol–water partition coefficient (Wildman–Crippen LogP) is 2.53. The Hall–Kier alpha value is -1.57. The average Bonchev–Trinajstić information content (AvgIpc) is 2.55. The summed E-state index contributed by atoms with van der Waals surface area (Å²) < 4.78 is 5.46. The molecule has 0 saturated carbocycles. The van der Waals surface area contributed by atoms with Gasteiger partial charge in [0.1, 0.15) is 5.75 Å². The number of nitriles is 1. The van der Waals surface area contributed by atoms with Gasteiger partial charge in [-0.05, 0) is 57.1 Å². The number of ether oxygens (including phenoxy) is 1. The quantitative estimate of drug-likeness (QED) is 0.873. The van der Waals surface area contributed by atoms with Crippen molar-refractivity contribution in [2.75, 3.05) is 26.7 Å². The zero-order chi connectivity index (χ0) is 15.1. The van der Waals surface area contributed by atoms with E-state index in [1.165, 1.54) is 12.8 Å². The van der Waals surface area contributed by atoms with Crippen molar-refractivity contribution in [1.82, 2.24) is 10.2 Å². The van der Waals surface area contributed by atoms with Crippen LogP contribution >= 0.6 is 0 Å². The lowest BCUT2D eigenvalue weighted by molar-refractivity contribution is 0.152. The van der Waals surface area contributed by atoms with E-state index in [1.54, 1.807) is 7.11 Å². The van der Waals surface area contributed by atoms with Gasteiger partial charge >= 0.3 is 0 Å². The van der Waals surface area contributed by atoms with Gasteiger partial charge < -0.3 is 10.1 Å². The first kappa shape index (κ1) is 15.8. The minimum Gasteiger partial charge on any atom is -0.496 e. The van der Waals surface area contributed by atoms with Crippen LogP contribution in [0.2, 0.25) is 0 Å². The monoisotopic (exact) mass is 287 g/mol. The molecule has 0 atom stereocenters. The number of benzene rings is 1. The summed E-state index contributed by atoms with van der Waals surface area (Å²) in [7, 11) is 1.69. The summed E-state index contributed by atoms with van der Waals surface area (Å²) in [6, 6.07) is 8.53. The largest absolute Gasteiger partial charge is 0.496 e. The molecule has 0 amide bonds. The first-order chi connectivity index (χ1) is 10.3. The maximum atomic E-state index is 9.10. The zero-order valence-corrected chi connectivity index (χ0v) is 13.1. The highest BCUT2D eigenvalue weighted by Gasteiger charge is 2.21. The third kappa shape index (κ3) is 4.20. The summed E-state index contributed by atoms with van der Waals surface area (Å²) >= 11 is 0. The third-order valence-corrected chi connectivity index (χ3v) is 4.12. The number of piperidine rings is 1. The lowest BCUT2D eigenvalue weighted by Crippen LogP contribution is -2.43. The number of nitrogens with zero attached hydrogens (tertiary/aromatic N) is 2. The van der Waals surface area contributed by atoms with Crippen LogP contribution in [0.25, 0.3) is 0 Å². The van der Waals surface area contributed by atoms with Gasteiger partial charge in [0.2, 0.25) is 0 Å². The van der Waals surface area contributed by atoms with E-state index < -0.39 is 0 Å². The van der Waals surface area contributed by atoms with Crippen molar-refractivity contribution in [2.24, 2.45) is 0 Å². The third-order valence-electron chi connectivity index (χ3n) is 4.12. The molecule has 2 rings (SSSR count). The van der Waals surface area contributed by atoms with Crippen LogP contribution < -0.4 is 10.1 Å². The highest BCUT2D eigenvalue weighted by atomic mass is 16.5. The molecule has 4 nitrogen and oxygen atoms in total. The van der Waals surface area contributed by atoms with Crippen LogP contribution in [0, 0.1) is 11.3 Å². The van der Waals surface area contributed by atoms with Gasteiger partial charge in [0.15, 0.2) is 0 Å². The second-order valence-corrected chi connectivity index (χ2v) is 5.59. The van der Waals surface area contributed by atoms with Gasteiger partial charge in [0.05, 0.1) is 18.7 Å². The van der Waals surface area contributed by atoms with Crippen LogP contribution in [-0.4, -0.2) is 37.7 Å². The van der Waals surface area contributed by atoms with E-state index in [4.69, 9.17) is 10.00 Å². The number of rotatable bonds is 6. The number of hydrogen-bond acceptors (Lipinski definition) is 4. The smallest absolute Gasteiger partial charge is 0.123 e. The fourth-order valence-corrected chi connectivity index (χ4v) is 3.04. The number of hydrogen-bond donors (Lipinski definition) is 1. The molecule has 0 unspecified atom stereocenters. The van der Waals surface area contributed by atoms with Gasteiger partial charge in [-0.3, -0.25) is 4.90 Å². The van der Waals surface area contributed by atoms with E-state index >= 15 is 0 Å². The molecule has 1 N–H and O–H groups in total. The average molecular weight is 287 g/mol. The molecule has 4 heteroatoms. The topological polar surface area (TPSA) is 48.3 Å². The van der Waals surface area contributed by atoms with Crippen LogP contribution in [0.15, 0.2) is 18.2 Å². The van der Waals surface area contributed by atoms with Crippen molar-refractivity contribution in [2.45, 2.75) is 38.8 Å². The molecule has 21 heavy (non-hydrogen) atoms. The van der Waals surface area contributed by atoms with Crippen LogP contribution in [0.5, 0.6) is 5.75 Å². The normalized spacial score (nSPS) is 15.9. The lowest BCUT2D eigenvalue weighted by atomic mass is 10.0. The molecule has 1 aliphatic rings. The van der Waals surface area contributed by atoms with E-state index in [-0.39, 0.29) is 0 Å². The van der Waals surface area contributed by atoms with Gasteiger partial charge in [0, 0.05) is 18.2 Å². The molecule has 1 aliphatic heterocycles.